The van der Waals surface area contributed by atoms with Gasteiger partial charge in [0.15, 0.2) is 0 Å². The third-order valence-corrected chi connectivity index (χ3v) is 2.60. The number of rotatable bonds is 8. The molecule has 0 aliphatic rings. The predicted molar refractivity (Wildman–Crippen MR) is 70.0 cm³/mol. The molecule has 0 rings (SSSR count). The molecule has 0 aliphatic heterocycles. The number of aliphatic carboxylic acids is 1. The second-order valence-corrected chi connectivity index (χ2v) is 5.70. The van der Waals surface area contributed by atoms with Crippen LogP contribution in [0.15, 0.2) is 0 Å². The summed E-state index contributed by atoms with van der Waals surface area (Å²) in [4.78, 5) is 22.3. The van der Waals surface area contributed by atoms with Crippen molar-refractivity contribution in [2.24, 2.45) is 5.73 Å². The van der Waals surface area contributed by atoms with Gasteiger partial charge in [0.1, 0.15) is 6.04 Å². The summed E-state index contributed by atoms with van der Waals surface area (Å²) in [5, 5.41) is 11.4. The van der Waals surface area contributed by atoms with Gasteiger partial charge in [-0.1, -0.05) is 0 Å². The van der Waals surface area contributed by atoms with E-state index in [9.17, 15) is 9.59 Å². The number of carbonyl (C=O) groups excluding carboxylic acids is 1. The Morgan fingerprint density at radius 3 is 2.22 bits per heavy atom. The van der Waals surface area contributed by atoms with E-state index in [1.807, 2.05) is 0 Å². The van der Waals surface area contributed by atoms with Gasteiger partial charge in [0.25, 0.3) is 0 Å². The average molecular weight is 260 g/mol. The van der Waals surface area contributed by atoms with Crippen molar-refractivity contribution in [3.63, 3.8) is 0 Å². The topological polar surface area (TPSA) is 92.4 Å². The first kappa shape index (κ1) is 16.9. The first-order valence-electron chi connectivity index (χ1n) is 6.22. The molecule has 4 N–H and O–H groups in total. The van der Waals surface area contributed by atoms with E-state index >= 15 is 0 Å². The Labute approximate surface area is 109 Å². The number of quaternary nitrogens is 1. The van der Waals surface area contributed by atoms with Crippen molar-refractivity contribution in [2.45, 2.75) is 38.3 Å². The zero-order chi connectivity index (χ0) is 14.3. The van der Waals surface area contributed by atoms with E-state index in [2.05, 4.69) is 26.5 Å². The average Bonchev–Trinajstić information content (AvgIpc) is 2.20. The van der Waals surface area contributed by atoms with E-state index in [1.54, 1.807) is 0 Å². The first-order valence-corrected chi connectivity index (χ1v) is 6.22. The van der Waals surface area contributed by atoms with Crippen molar-refractivity contribution in [1.82, 2.24) is 5.32 Å². The van der Waals surface area contributed by atoms with Crippen molar-refractivity contribution in [1.29, 1.82) is 0 Å². The molecule has 1 amide bonds. The van der Waals surface area contributed by atoms with Gasteiger partial charge in [0.05, 0.1) is 33.7 Å². The number of unbranched alkanes of at least 4 members (excludes halogenated alkanes) is 1. The van der Waals surface area contributed by atoms with Crippen molar-refractivity contribution < 1.29 is 19.2 Å². The largest absolute Gasteiger partial charge is 0.480 e. The number of nitrogens with two attached hydrogens (primary N) is 1. The molecule has 18 heavy (non-hydrogen) atoms. The van der Waals surface area contributed by atoms with Crippen LogP contribution in [0.5, 0.6) is 0 Å². The molecule has 2 atom stereocenters. The smallest absolute Gasteiger partial charge is 0.326 e. The highest BCUT2D eigenvalue weighted by atomic mass is 16.4. The molecule has 6 heteroatoms. The minimum atomic E-state index is -1.01. The summed E-state index contributed by atoms with van der Waals surface area (Å²) in [5.41, 5.74) is 5.39. The maximum Gasteiger partial charge on any atom is 0.326 e. The number of carbonyl (C=O) groups is 2. The molecule has 6 nitrogen and oxygen atoms in total. The Balaban J connectivity index is 4.07. The van der Waals surface area contributed by atoms with Crippen LogP contribution in [-0.2, 0) is 9.59 Å². The predicted octanol–water partition coefficient (Wildman–Crippen LogP) is -0.220. The van der Waals surface area contributed by atoms with Crippen LogP contribution >= 0.6 is 0 Å². The third kappa shape index (κ3) is 8.03. The second kappa shape index (κ2) is 7.33. The van der Waals surface area contributed by atoms with Gasteiger partial charge in [-0.15, -0.1) is 0 Å². The van der Waals surface area contributed by atoms with Crippen LogP contribution in [0.1, 0.15) is 26.2 Å². The lowest BCUT2D eigenvalue weighted by molar-refractivity contribution is -0.870. The van der Waals surface area contributed by atoms with Gasteiger partial charge in [-0.2, -0.15) is 0 Å². The Kier molecular flexibility index (Phi) is 6.86. The molecule has 0 aromatic carbocycles. The van der Waals surface area contributed by atoms with Crippen LogP contribution in [0.3, 0.4) is 0 Å². The van der Waals surface area contributed by atoms with Gasteiger partial charge >= 0.3 is 5.97 Å². The Bertz CT molecular complexity index is 285. The fourth-order valence-electron chi connectivity index (χ4n) is 1.50. The molecule has 0 bridgehead atoms. The van der Waals surface area contributed by atoms with E-state index < -0.39 is 24.0 Å². The van der Waals surface area contributed by atoms with Crippen LogP contribution in [0.2, 0.25) is 0 Å². The van der Waals surface area contributed by atoms with E-state index in [4.69, 9.17) is 10.8 Å². The number of amides is 1. The standard InChI is InChI=1S/C12H25N3O3/c1-9(13)11(16)14-10(12(17)18)7-5-6-8-15(2,3)4/h9-10H,5-8,13H2,1-4H3,(H-,14,16,17,18)/p+1. The van der Waals surface area contributed by atoms with Crippen molar-refractivity contribution in [2.75, 3.05) is 27.7 Å². The molecular weight excluding hydrogens is 234 g/mol. The van der Waals surface area contributed by atoms with Crippen LogP contribution in [0.25, 0.3) is 0 Å². The first-order chi connectivity index (χ1) is 8.13. The molecule has 106 valence electrons. The Morgan fingerprint density at radius 1 is 1.28 bits per heavy atom. The number of carboxylic acid groups (broad SMARTS) is 1. The van der Waals surface area contributed by atoms with Gasteiger partial charge in [0, 0.05) is 0 Å². The highest BCUT2D eigenvalue weighted by Crippen LogP contribution is 2.04. The minimum absolute atomic E-state index is 0.422. The van der Waals surface area contributed by atoms with Crippen molar-refractivity contribution in [3.05, 3.63) is 0 Å². The molecule has 0 saturated heterocycles. The second-order valence-electron chi connectivity index (χ2n) is 5.70. The van der Waals surface area contributed by atoms with Crippen LogP contribution in [0.4, 0.5) is 0 Å². The van der Waals surface area contributed by atoms with Crippen molar-refractivity contribution >= 4 is 11.9 Å². The van der Waals surface area contributed by atoms with Crippen LogP contribution in [0, 0.1) is 0 Å². The lowest BCUT2D eigenvalue weighted by atomic mass is 10.1. The van der Waals surface area contributed by atoms with E-state index in [0.29, 0.717) is 6.42 Å². The SMILES string of the molecule is CC(N)C(=O)NC(CCCC[N+](C)(C)C)C(=O)O. The third-order valence-electron chi connectivity index (χ3n) is 2.60. The van der Waals surface area contributed by atoms with Gasteiger partial charge in [-0.25, -0.2) is 4.79 Å². The Hall–Kier alpha value is -1.14. The number of nitrogens with zero attached hydrogens (tertiary/aromatic N) is 1. The molecule has 0 aromatic heterocycles. The molecular formula is C12H26N3O3+. The molecule has 0 aliphatic carbocycles. The molecule has 0 radical (unpaired) electrons. The normalized spacial score (nSPS) is 14.9. The van der Waals surface area contributed by atoms with E-state index in [0.717, 1.165) is 23.9 Å². The number of hydrogen-bond acceptors (Lipinski definition) is 3. The molecule has 0 aromatic rings. The van der Waals surface area contributed by atoms with Crippen molar-refractivity contribution in [3.8, 4) is 0 Å². The number of hydrogen-bond donors (Lipinski definition) is 3. The zero-order valence-electron chi connectivity index (χ0n) is 11.8. The Morgan fingerprint density at radius 2 is 1.83 bits per heavy atom. The van der Waals surface area contributed by atoms with Gasteiger partial charge in [-0.3, -0.25) is 4.79 Å². The fraction of sp³-hybridized carbons (Fsp3) is 0.833. The fourth-order valence-corrected chi connectivity index (χ4v) is 1.50. The maximum absolute atomic E-state index is 11.3. The van der Waals surface area contributed by atoms with Gasteiger partial charge in [0.2, 0.25) is 5.91 Å². The molecule has 0 fully saturated rings. The lowest BCUT2D eigenvalue weighted by Gasteiger charge is -2.24. The molecule has 0 heterocycles. The quantitative estimate of drug-likeness (QED) is 0.415. The monoisotopic (exact) mass is 260 g/mol. The summed E-state index contributed by atoms with van der Waals surface area (Å²) in [7, 11) is 6.27. The van der Waals surface area contributed by atoms with Gasteiger partial charge < -0.3 is 20.6 Å². The molecule has 0 spiro atoms. The zero-order valence-corrected chi connectivity index (χ0v) is 11.8. The summed E-state index contributed by atoms with van der Waals surface area (Å²) >= 11 is 0. The highest BCUT2D eigenvalue weighted by molar-refractivity contribution is 5.86. The van der Waals surface area contributed by atoms with Crippen LogP contribution in [-0.4, -0.2) is 61.2 Å². The van der Waals surface area contributed by atoms with Gasteiger partial charge in [-0.05, 0) is 26.2 Å². The summed E-state index contributed by atoms with van der Waals surface area (Å²) in [5.74, 6) is -1.43. The number of nitrogens with one attached hydrogen (secondary N) is 1. The molecule has 2 unspecified atom stereocenters. The maximum atomic E-state index is 11.3. The van der Waals surface area contributed by atoms with E-state index in [1.165, 1.54) is 6.92 Å². The molecule has 0 saturated carbocycles. The summed E-state index contributed by atoms with van der Waals surface area (Å²) < 4.78 is 0.851. The highest BCUT2D eigenvalue weighted by Gasteiger charge is 2.21. The minimum Gasteiger partial charge on any atom is -0.480 e. The summed E-state index contributed by atoms with van der Waals surface area (Å²) in [6.07, 6.45) is 2.14. The number of carboxylic acids is 1. The summed E-state index contributed by atoms with van der Waals surface area (Å²) in [6.45, 7) is 2.51. The summed E-state index contributed by atoms with van der Waals surface area (Å²) in [6, 6.07) is -1.52. The van der Waals surface area contributed by atoms with Crippen LogP contribution < -0.4 is 11.1 Å². The lowest BCUT2D eigenvalue weighted by Crippen LogP contribution is -2.47. The van der Waals surface area contributed by atoms with E-state index in [-0.39, 0.29) is 0 Å².